The largest absolute Gasteiger partial charge is 0.354 e. The lowest BCUT2D eigenvalue weighted by Crippen LogP contribution is -2.65. The Balaban J connectivity index is 1.56. The molecule has 2 fully saturated rings. The van der Waals surface area contributed by atoms with Crippen molar-refractivity contribution in [3.8, 4) is 0 Å². The number of amides is 2. The molecule has 0 saturated carbocycles. The van der Waals surface area contributed by atoms with Crippen molar-refractivity contribution in [1.82, 2.24) is 15.1 Å². The Morgan fingerprint density at radius 2 is 2.19 bits per heavy atom. The van der Waals surface area contributed by atoms with Crippen molar-refractivity contribution in [3.63, 3.8) is 0 Å². The second kappa shape index (κ2) is 6.33. The number of nitrogens with zero attached hydrogens (tertiary/aromatic N) is 2. The lowest BCUT2D eigenvalue weighted by molar-refractivity contribution is -0.159. The molecule has 1 aromatic heterocycles. The van der Waals surface area contributed by atoms with Gasteiger partial charge < -0.3 is 19.9 Å². The summed E-state index contributed by atoms with van der Waals surface area (Å²) in [6.07, 6.45) is 0.848. The van der Waals surface area contributed by atoms with Crippen LogP contribution in [0.1, 0.15) is 11.8 Å². The molecular formula is C17H17N3O5S. The highest BCUT2D eigenvalue weighted by atomic mass is 32.1. The van der Waals surface area contributed by atoms with E-state index in [0.717, 1.165) is 4.88 Å². The highest BCUT2D eigenvalue weighted by Crippen LogP contribution is 2.29. The maximum Gasteiger partial charge on any atom is 0.257 e. The molecule has 3 atom stereocenters. The van der Waals surface area contributed by atoms with Crippen LogP contribution in [0.2, 0.25) is 0 Å². The smallest absolute Gasteiger partial charge is 0.257 e. The predicted molar refractivity (Wildman–Crippen MR) is 90.8 cm³/mol. The van der Waals surface area contributed by atoms with Gasteiger partial charge in [0.1, 0.15) is 11.8 Å². The van der Waals surface area contributed by atoms with Crippen molar-refractivity contribution in [2.45, 2.75) is 31.8 Å². The van der Waals surface area contributed by atoms with Crippen LogP contribution in [0.15, 0.2) is 29.3 Å². The van der Waals surface area contributed by atoms with E-state index < -0.39 is 35.7 Å². The number of hydrogen-bond acceptors (Lipinski definition) is 7. The number of ketones is 2. The molecule has 0 aromatic carbocycles. The van der Waals surface area contributed by atoms with Crippen LogP contribution in [-0.4, -0.2) is 64.6 Å². The molecule has 3 aliphatic rings. The molecule has 26 heavy (non-hydrogen) atoms. The molecule has 4 rings (SSSR count). The highest BCUT2D eigenvalue weighted by Gasteiger charge is 2.52. The number of fused-ring (bicyclic) bond motifs is 2. The number of carbonyl (C=O) groups excluding carboxylic acids is 4. The Kier molecular flexibility index (Phi) is 4.12. The van der Waals surface area contributed by atoms with E-state index in [2.05, 4.69) is 5.32 Å². The Labute approximate surface area is 153 Å². The van der Waals surface area contributed by atoms with E-state index in [9.17, 15) is 19.2 Å². The minimum Gasteiger partial charge on any atom is -0.354 e. The zero-order valence-corrected chi connectivity index (χ0v) is 14.8. The summed E-state index contributed by atoms with van der Waals surface area (Å²) >= 11 is 1.48. The molecule has 0 aliphatic carbocycles. The fraction of sp³-hybridized carbons (Fsp3) is 0.412. The number of nitrogens with one attached hydrogen (secondary N) is 1. The van der Waals surface area contributed by atoms with E-state index in [1.165, 1.54) is 27.3 Å². The third kappa shape index (κ3) is 2.63. The van der Waals surface area contributed by atoms with Crippen LogP contribution in [0.25, 0.3) is 0 Å². The molecule has 2 amide bonds. The number of thiophene rings is 1. The van der Waals surface area contributed by atoms with Crippen molar-refractivity contribution in [1.29, 1.82) is 0 Å². The molecule has 9 heteroatoms. The van der Waals surface area contributed by atoms with Gasteiger partial charge in [0.15, 0.2) is 6.04 Å². The van der Waals surface area contributed by atoms with E-state index in [0.29, 0.717) is 6.61 Å². The minimum absolute atomic E-state index is 0.142. The minimum atomic E-state index is -1.20. The third-order valence-corrected chi connectivity index (χ3v) is 5.64. The molecule has 2 saturated heterocycles. The Hall–Kier alpha value is -2.52. The maximum atomic E-state index is 12.7. The fourth-order valence-electron chi connectivity index (χ4n) is 3.47. The van der Waals surface area contributed by atoms with Crippen LogP contribution < -0.4 is 5.32 Å². The quantitative estimate of drug-likeness (QED) is 0.441. The average Bonchev–Trinajstić information content (AvgIpc) is 3.26. The number of piperazine rings is 1. The SMILES string of the molecule is C[C@H]1CO[C@@H]2CN3C=C(C(=O)NCc4cccs4)C(=O)C(=O)C3C(=O)N12. The predicted octanol–water partition coefficient (Wildman–Crippen LogP) is -0.342. The van der Waals surface area contributed by atoms with Crippen LogP contribution >= 0.6 is 11.3 Å². The molecule has 1 N–H and O–H groups in total. The summed E-state index contributed by atoms with van der Waals surface area (Å²) in [6, 6.07) is 2.38. The van der Waals surface area contributed by atoms with Gasteiger partial charge in [0, 0.05) is 11.1 Å². The zero-order chi connectivity index (χ0) is 18.4. The van der Waals surface area contributed by atoms with Gasteiger partial charge in [-0.2, -0.15) is 0 Å². The number of hydrogen-bond donors (Lipinski definition) is 1. The van der Waals surface area contributed by atoms with Gasteiger partial charge in [0.2, 0.25) is 11.6 Å². The molecule has 0 bridgehead atoms. The van der Waals surface area contributed by atoms with E-state index in [1.54, 1.807) is 0 Å². The van der Waals surface area contributed by atoms with Crippen LogP contribution in [0.3, 0.4) is 0 Å². The first kappa shape index (κ1) is 16.9. The fourth-order valence-corrected chi connectivity index (χ4v) is 4.12. The number of carbonyl (C=O) groups is 4. The van der Waals surface area contributed by atoms with Crippen molar-refractivity contribution < 1.29 is 23.9 Å². The third-order valence-electron chi connectivity index (χ3n) is 4.76. The molecule has 4 heterocycles. The van der Waals surface area contributed by atoms with Crippen LogP contribution in [0.5, 0.6) is 0 Å². The summed E-state index contributed by atoms with van der Waals surface area (Å²) < 4.78 is 5.58. The molecule has 0 radical (unpaired) electrons. The van der Waals surface area contributed by atoms with Crippen molar-refractivity contribution >= 4 is 34.7 Å². The topological polar surface area (TPSA) is 96.0 Å². The molecule has 136 valence electrons. The summed E-state index contributed by atoms with van der Waals surface area (Å²) in [5.74, 6) is -2.85. The van der Waals surface area contributed by atoms with Gasteiger partial charge in [-0.25, -0.2) is 0 Å². The molecular weight excluding hydrogens is 358 g/mol. The second-order valence-electron chi connectivity index (χ2n) is 6.48. The van der Waals surface area contributed by atoms with Gasteiger partial charge in [-0.1, -0.05) is 6.07 Å². The number of Topliss-reactive ketones (excluding diaryl/α,β-unsaturated/α-hetero) is 2. The number of rotatable bonds is 3. The molecule has 1 aromatic rings. The lowest BCUT2D eigenvalue weighted by Gasteiger charge is -2.43. The van der Waals surface area contributed by atoms with Gasteiger partial charge in [-0.05, 0) is 18.4 Å². The molecule has 1 unspecified atom stereocenters. The van der Waals surface area contributed by atoms with E-state index >= 15 is 0 Å². The highest BCUT2D eigenvalue weighted by molar-refractivity contribution is 7.09. The van der Waals surface area contributed by atoms with Gasteiger partial charge in [0.05, 0.1) is 25.7 Å². The Morgan fingerprint density at radius 1 is 1.38 bits per heavy atom. The molecule has 8 nitrogen and oxygen atoms in total. The Morgan fingerprint density at radius 3 is 2.92 bits per heavy atom. The summed E-state index contributed by atoms with van der Waals surface area (Å²) in [4.78, 5) is 53.9. The van der Waals surface area contributed by atoms with E-state index in [1.807, 2.05) is 24.4 Å². The summed E-state index contributed by atoms with van der Waals surface area (Å²) in [6.45, 7) is 2.75. The van der Waals surface area contributed by atoms with Crippen LogP contribution in [-0.2, 0) is 30.5 Å². The summed E-state index contributed by atoms with van der Waals surface area (Å²) in [5.41, 5.74) is -0.241. The van der Waals surface area contributed by atoms with Crippen molar-refractivity contribution in [2.24, 2.45) is 0 Å². The molecule has 0 spiro atoms. The van der Waals surface area contributed by atoms with Crippen LogP contribution in [0.4, 0.5) is 0 Å². The lowest BCUT2D eigenvalue weighted by atomic mass is 9.93. The summed E-state index contributed by atoms with van der Waals surface area (Å²) in [7, 11) is 0. The van der Waals surface area contributed by atoms with Crippen LogP contribution in [0, 0.1) is 0 Å². The van der Waals surface area contributed by atoms with E-state index in [-0.39, 0.29) is 24.7 Å². The van der Waals surface area contributed by atoms with Crippen molar-refractivity contribution in [2.75, 3.05) is 13.2 Å². The second-order valence-corrected chi connectivity index (χ2v) is 7.51. The normalized spacial score (nSPS) is 28.0. The Bertz CT molecular complexity index is 818. The number of ether oxygens (including phenoxy) is 1. The monoisotopic (exact) mass is 375 g/mol. The maximum absolute atomic E-state index is 12.7. The standard InChI is InChI=1S/C17H17N3O5S/c1-9-8-25-12-7-19-6-11(16(23)18-5-10-3-2-4-26-10)14(21)15(22)13(19)17(24)20(9)12/h2-4,6,9,12-13H,5,7-8H2,1H3,(H,18,23)/t9-,12+,13?/m0/s1. The first-order valence-electron chi connectivity index (χ1n) is 8.28. The van der Waals surface area contributed by atoms with Crippen molar-refractivity contribution in [3.05, 3.63) is 34.2 Å². The molecule has 3 aliphatic heterocycles. The average molecular weight is 375 g/mol. The first-order chi connectivity index (χ1) is 12.5. The van der Waals surface area contributed by atoms with Gasteiger partial charge in [0.25, 0.3) is 11.8 Å². The van der Waals surface area contributed by atoms with Gasteiger partial charge in [-0.3, -0.25) is 19.2 Å². The van der Waals surface area contributed by atoms with E-state index in [4.69, 9.17) is 4.74 Å². The van der Waals surface area contributed by atoms with Gasteiger partial charge in [-0.15, -0.1) is 11.3 Å². The summed E-state index contributed by atoms with van der Waals surface area (Å²) in [5, 5.41) is 4.53. The first-order valence-corrected chi connectivity index (χ1v) is 9.16. The van der Waals surface area contributed by atoms with Gasteiger partial charge >= 0.3 is 0 Å². The zero-order valence-electron chi connectivity index (χ0n) is 14.0.